The van der Waals surface area contributed by atoms with Crippen LogP contribution < -0.4 is 5.32 Å². The van der Waals surface area contributed by atoms with Gasteiger partial charge in [0.05, 0.1) is 6.26 Å². The Kier molecular flexibility index (Phi) is 3.00. The van der Waals surface area contributed by atoms with E-state index in [1.807, 2.05) is 0 Å². The van der Waals surface area contributed by atoms with E-state index >= 15 is 0 Å². The van der Waals surface area contributed by atoms with Gasteiger partial charge in [-0.1, -0.05) is 6.07 Å². The molecule has 0 amide bonds. The first-order valence-corrected chi connectivity index (χ1v) is 4.99. The number of carboxylic acids is 1. The lowest BCUT2D eigenvalue weighted by Crippen LogP contribution is -1.98. The van der Waals surface area contributed by atoms with Gasteiger partial charge in [-0.2, -0.15) is 0 Å². The Hall–Kier alpha value is -2.43. The zero-order valence-electron chi connectivity index (χ0n) is 8.88. The second kappa shape index (κ2) is 4.61. The SMILES string of the molecule is O=C(O)c1cc(CNc2cccc(O)c2)co1. The summed E-state index contributed by atoms with van der Waals surface area (Å²) >= 11 is 0. The molecule has 0 saturated carbocycles. The van der Waals surface area contributed by atoms with E-state index in [2.05, 4.69) is 5.32 Å². The molecule has 0 aliphatic carbocycles. The molecule has 88 valence electrons. The molecule has 1 heterocycles. The molecule has 2 rings (SSSR count). The van der Waals surface area contributed by atoms with E-state index < -0.39 is 5.97 Å². The van der Waals surface area contributed by atoms with Crippen molar-refractivity contribution < 1.29 is 19.4 Å². The summed E-state index contributed by atoms with van der Waals surface area (Å²) in [5.74, 6) is -1.00. The van der Waals surface area contributed by atoms with Crippen LogP contribution in [0.2, 0.25) is 0 Å². The fourth-order valence-electron chi connectivity index (χ4n) is 1.40. The van der Waals surface area contributed by atoms with Crippen LogP contribution in [0.3, 0.4) is 0 Å². The quantitative estimate of drug-likeness (QED) is 0.754. The number of phenols is 1. The van der Waals surface area contributed by atoms with Gasteiger partial charge < -0.3 is 19.9 Å². The molecule has 0 radical (unpaired) electrons. The summed E-state index contributed by atoms with van der Waals surface area (Å²) in [5, 5.41) is 21.0. The molecule has 2 aromatic rings. The van der Waals surface area contributed by atoms with Crippen LogP contribution >= 0.6 is 0 Å². The Morgan fingerprint density at radius 3 is 2.82 bits per heavy atom. The summed E-state index contributed by atoms with van der Waals surface area (Å²) in [5.41, 5.74) is 1.48. The van der Waals surface area contributed by atoms with Gasteiger partial charge in [0.25, 0.3) is 0 Å². The van der Waals surface area contributed by atoms with Crippen molar-refractivity contribution in [3.8, 4) is 5.75 Å². The Morgan fingerprint density at radius 2 is 2.18 bits per heavy atom. The third kappa shape index (κ3) is 2.78. The molecule has 0 aliphatic rings. The van der Waals surface area contributed by atoms with Gasteiger partial charge in [-0.15, -0.1) is 0 Å². The minimum absolute atomic E-state index is 0.0855. The zero-order chi connectivity index (χ0) is 12.3. The van der Waals surface area contributed by atoms with Gasteiger partial charge in [-0.25, -0.2) is 4.79 Å². The summed E-state index contributed by atoms with van der Waals surface area (Å²) < 4.78 is 4.85. The molecule has 0 aliphatic heterocycles. The molecule has 0 fully saturated rings. The number of nitrogens with one attached hydrogen (secondary N) is 1. The van der Waals surface area contributed by atoms with E-state index in [0.717, 1.165) is 11.3 Å². The topological polar surface area (TPSA) is 82.7 Å². The molecule has 0 spiro atoms. The van der Waals surface area contributed by atoms with Crippen molar-refractivity contribution in [1.29, 1.82) is 0 Å². The molecule has 1 aromatic heterocycles. The molecule has 0 saturated heterocycles. The fourth-order valence-corrected chi connectivity index (χ4v) is 1.40. The predicted molar refractivity (Wildman–Crippen MR) is 61.1 cm³/mol. The van der Waals surface area contributed by atoms with Gasteiger partial charge in [0.2, 0.25) is 5.76 Å². The summed E-state index contributed by atoms with van der Waals surface area (Å²) in [6.07, 6.45) is 1.39. The van der Waals surface area contributed by atoms with Crippen molar-refractivity contribution in [2.24, 2.45) is 0 Å². The van der Waals surface area contributed by atoms with Crippen molar-refractivity contribution in [1.82, 2.24) is 0 Å². The van der Waals surface area contributed by atoms with E-state index in [1.165, 1.54) is 12.3 Å². The molecule has 5 nitrogen and oxygen atoms in total. The molecular weight excluding hydrogens is 222 g/mol. The molecule has 17 heavy (non-hydrogen) atoms. The van der Waals surface area contributed by atoms with Crippen molar-refractivity contribution >= 4 is 11.7 Å². The van der Waals surface area contributed by atoms with Gasteiger partial charge in [0.15, 0.2) is 0 Å². The van der Waals surface area contributed by atoms with Crippen LogP contribution in [0.25, 0.3) is 0 Å². The lowest BCUT2D eigenvalue weighted by Gasteiger charge is -2.04. The molecule has 0 bridgehead atoms. The van der Waals surface area contributed by atoms with Crippen LogP contribution in [-0.4, -0.2) is 16.2 Å². The van der Waals surface area contributed by atoms with E-state index in [9.17, 15) is 9.90 Å². The third-order valence-corrected chi connectivity index (χ3v) is 2.21. The number of hydrogen-bond acceptors (Lipinski definition) is 4. The highest BCUT2D eigenvalue weighted by Gasteiger charge is 2.08. The van der Waals surface area contributed by atoms with Gasteiger partial charge in [-0.05, 0) is 18.2 Å². The predicted octanol–water partition coefficient (Wildman–Crippen LogP) is 2.30. The molecule has 0 unspecified atom stereocenters. The average molecular weight is 233 g/mol. The first-order valence-electron chi connectivity index (χ1n) is 4.99. The second-order valence-corrected chi connectivity index (χ2v) is 3.53. The van der Waals surface area contributed by atoms with Crippen LogP contribution in [-0.2, 0) is 6.54 Å². The third-order valence-electron chi connectivity index (χ3n) is 2.21. The average Bonchev–Trinajstić information content (AvgIpc) is 2.75. The first-order chi connectivity index (χ1) is 8.15. The summed E-state index contributed by atoms with van der Waals surface area (Å²) in [7, 11) is 0. The number of phenolic OH excluding ortho intramolecular Hbond substituents is 1. The minimum Gasteiger partial charge on any atom is -0.508 e. The maximum atomic E-state index is 10.6. The highest BCUT2D eigenvalue weighted by atomic mass is 16.4. The van der Waals surface area contributed by atoms with Gasteiger partial charge >= 0.3 is 5.97 Å². The molecule has 1 aromatic carbocycles. The molecule has 5 heteroatoms. The highest BCUT2D eigenvalue weighted by Crippen LogP contribution is 2.17. The molecule has 0 atom stereocenters. The van der Waals surface area contributed by atoms with Gasteiger partial charge in [-0.3, -0.25) is 0 Å². The van der Waals surface area contributed by atoms with Crippen molar-refractivity contribution in [2.75, 3.05) is 5.32 Å². The summed E-state index contributed by atoms with van der Waals surface area (Å²) in [6, 6.07) is 8.13. The number of hydrogen-bond donors (Lipinski definition) is 3. The van der Waals surface area contributed by atoms with Crippen molar-refractivity contribution in [3.63, 3.8) is 0 Å². The van der Waals surface area contributed by atoms with E-state index in [1.54, 1.807) is 24.3 Å². The standard InChI is InChI=1S/C12H11NO4/c14-10-3-1-2-9(5-10)13-6-8-4-11(12(15)16)17-7-8/h1-5,7,13-14H,6H2,(H,15,16). The van der Waals surface area contributed by atoms with Crippen molar-refractivity contribution in [2.45, 2.75) is 6.54 Å². The number of furan rings is 1. The van der Waals surface area contributed by atoms with Crippen molar-refractivity contribution in [3.05, 3.63) is 47.9 Å². The number of anilines is 1. The fraction of sp³-hybridized carbons (Fsp3) is 0.0833. The van der Waals surface area contributed by atoms with Crippen LogP contribution in [0.5, 0.6) is 5.75 Å². The van der Waals surface area contributed by atoms with Crippen LogP contribution in [0, 0.1) is 0 Å². The Bertz CT molecular complexity index is 533. The Labute approximate surface area is 97.3 Å². The monoisotopic (exact) mass is 233 g/mol. The minimum atomic E-state index is -1.09. The lowest BCUT2D eigenvalue weighted by atomic mass is 10.2. The first kappa shape index (κ1) is 11.1. The van der Waals surface area contributed by atoms with Crippen LogP contribution in [0.1, 0.15) is 16.1 Å². The second-order valence-electron chi connectivity index (χ2n) is 3.53. The number of aromatic carboxylic acids is 1. The van der Waals surface area contributed by atoms with Gasteiger partial charge in [0.1, 0.15) is 5.75 Å². The maximum absolute atomic E-state index is 10.6. The van der Waals surface area contributed by atoms with Crippen LogP contribution in [0.4, 0.5) is 5.69 Å². The smallest absolute Gasteiger partial charge is 0.371 e. The molecule has 3 N–H and O–H groups in total. The zero-order valence-corrected chi connectivity index (χ0v) is 8.88. The van der Waals surface area contributed by atoms with Crippen LogP contribution in [0.15, 0.2) is 41.0 Å². The largest absolute Gasteiger partial charge is 0.508 e. The number of carbonyl (C=O) groups is 1. The number of carboxylic acid groups (broad SMARTS) is 1. The van der Waals surface area contributed by atoms with E-state index in [4.69, 9.17) is 9.52 Å². The highest BCUT2D eigenvalue weighted by molar-refractivity contribution is 5.84. The Balaban J connectivity index is 2.00. The van der Waals surface area contributed by atoms with E-state index in [-0.39, 0.29) is 11.5 Å². The Morgan fingerprint density at radius 1 is 1.35 bits per heavy atom. The van der Waals surface area contributed by atoms with E-state index in [0.29, 0.717) is 6.54 Å². The number of benzene rings is 1. The maximum Gasteiger partial charge on any atom is 0.371 e. The summed E-state index contributed by atoms with van der Waals surface area (Å²) in [4.78, 5) is 10.6. The summed E-state index contributed by atoms with van der Waals surface area (Å²) in [6.45, 7) is 0.431. The van der Waals surface area contributed by atoms with Gasteiger partial charge in [0, 0.05) is 23.9 Å². The lowest BCUT2D eigenvalue weighted by molar-refractivity contribution is 0.0662. The molecular formula is C12H11NO4. The number of rotatable bonds is 4. The normalized spacial score (nSPS) is 10.1. The number of aromatic hydroxyl groups is 1.